The summed E-state index contributed by atoms with van der Waals surface area (Å²) >= 11 is 3.31. The van der Waals surface area contributed by atoms with Crippen LogP contribution < -0.4 is 5.49 Å². The van der Waals surface area contributed by atoms with E-state index in [1.54, 1.807) is 13.1 Å². The second-order valence-electron chi connectivity index (χ2n) is 2.65. The van der Waals surface area contributed by atoms with E-state index in [0.717, 1.165) is 10.0 Å². The van der Waals surface area contributed by atoms with Crippen molar-refractivity contribution in [1.29, 1.82) is 10.8 Å². The summed E-state index contributed by atoms with van der Waals surface area (Å²) in [4.78, 5) is 0. The van der Waals surface area contributed by atoms with Crippen molar-refractivity contribution in [2.24, 2.45) is 0 Å². The number of hydrogen-bond donors (Lipinski definition) is 2. The van der Waals surface area contributed by atoms with Gasteiger partial charge in [-0.1, -0.05) is 0 Å². The lowest BCUT2D eigenvalue weighted by Crippen LogP contribution is -2.25. The van der Waals surface area contributed by atoms with E-state index in [1.807, 2.05) is 13.0 Å². The summed E-state index contributed by atoms with van der Waals surface area (Å²) in [5.74, 6) is 0.351. The molecule has 12 heavy (non-hydrogen) atoms. The number of aryl methyl sites for hydroxylation is 1. The fourth-order valence-electron chi connectivity index (χ4n) is 0.955. The van der Waals surface area contributed by atoms with Crippen molar-refractivity contribution in [3.8, 4) is 0 Å². The van der Waals surface area contributed by atoms with E-state index in [9.17, 15) is 0 Å². The summed E-state index contributed by atoms with van der Waals surface area (Å²) in [6.45, 7) is 3.51. The molecule has 0 saturated heterocycles. The number of nitrogens with zero attached hydrogens (tertiary/aromatic N) is 1. The van der Waals surface area contributed by atoms with Crippen LogP contribution in [0, 0.1) is 17.7 Å². The van der Waals surface area contributed by atoms with Crippen LogP contribution in [-0.2, 0) is 0 Å². The molecule has 0 aromatic carbocycles. The molecule has 0 aliphatic carbocycles. The van der Waals surface area contributed by atoms with Crippen molar-refractivity contribution in [3.05, 3.63) is 27.8 Å². The first kappa shape index (κ1) is 9.19. The van der Waals surface area contributed by atoms with Gasteiger partial charge in [-0.3, -0.25) is 15.4 Å². The molecule has 0 bridgehead atoms. The smallest absolute Gasteiger partial charge is 0.133 e. The predicted molar refractivity (Wildman–Crippen MR) is 51.5 cm³/mol. The van der Waals surface area contributed by atoms with Crippen LogP contribution in [0.5, 0.6) is 0 Å². The zero-order valence-corrected chi connectivity index (χ0v) is 8.57. The van der Waals surface area contributed by atoms with Gasteiger partial charge in [0.05, 0.1) is 0 Å². The number of hydrogen-bond acceptors (Lipinski definition) is 2. The Bertz CT molecular complexity index is 378. The van der Waals surface area contributed by atoms with E-state index in [4.69, 9.17) is 10.8 Å². The van der Waals surface area contributed by atoms with Gasteiger partial charge in [0.25, 0.3) is 0 Å². The van der Waals surface area contributed by atoms with Crippen LogP contribution in [0.25, 0.3) is 0 Å². The second-order valence-corrected chi connectivity index (χ2v) is 3.56. The number of nitrogens with one attached hydrogen (secondary N) is 2. The molecule has 1 aromatic heterocycles. The Labute approximate surface area is 79.2 Å². The van der Waals surface area contributed by atoms with E-state index >= 15 is 0 Å². The van der Waals surface area contributed by atoms with Gasteiger partial charge >= 0.3 is 0 Å². The molecule has 0 unspecified atom stereocenters. The Kier molecular flexibility index (Phi) is 2.47. The Morgan fingerprint density at radius 3 is 2.67 bits per heavy atom. The summed E-state index contributed by atoms with van der Waals surface area (Å²) in [6.07, 6.45) is 1.72. The topological polar surface area (TPSA) is 52.6 Å². The van der Waals surface area contributed by atoms with E-state index in [-0.39, 0.29) is 0 Å². The molecule has 0 spiro atoms. The number of pyridine rings is 1. The number of aromatic nitrogens is 1. The molecule has 3 nitrogen and oxygen atoms in total. The third-order valence-electron chi connectivity index (χ3n) is 1.58. The highest BCUT2D eigenvalue weighted by molar-refractivity contribution is 9.10. The third kappa shape index (κ3) is 1.64. The van der Waals surface area contributed by atoms with Crippen LogP contribution in [0.1, 0.15) is 12.5 Å². The Hall–Kier alpha value is -0.900. The maximum atomic E-state index is 7.62. The minimum atomic E-state index is 0.351. The normalized spacial score (nSPS) is 9.92. The van der Waals surface area contributed by atoms with Crippen LogP contribution in [-0.4, -0.2) is 10.4 Å². The molecular weight excluding hydrogens is 218 g/mol. The summed E-state index contributed by atoms with van der Waals surface area (Å²) in [5.41, 5.74) is 1.22. The molecule has 4 heteroatoms. The Balaban J connectivity index is 3.49. The SMILES string of the molecule is CC(=N)n1cc(Br)cc(C)c1=N. The van der Waals surface area contributed by atoms with Gasteiger partial charge in [-0.2, -0.15) is 0 Å². The molecule has 0 radical (unpaired) electrons. The lowest BCUT2D eigenvalue weighted by Gasteiger charge is -2.06. The fourth-order valence-corrected chi connectivity index (χ4v) is 1.50. The highest BCUT2D eigenvalue weighted by Crippen LogP contribution is 2.07. The molecule has 0 atom stereocenters. The van der Waals surface area contributed by atoms with Crippen molar-refractivity contribution >= 4 is 21.8 Å². The predicted octanol–water partition coefficient (Wildman–Crippen LogP) is 1.88. The van der Waals surface area contributed by atoms with Gasteiger partial charge in [0.2, 0.25) is 0 Å². The molecule has 0 fully saturated rings. The zero-order chi connectivity index (χ0) is 9.30. The standard InChI is InChI=1S/C8H10BrN3/c1-5-3-7(9)4-12(6(2)10)8(5)11/h3-4,10-11H,1-2H3. The molecule has 1 aromatic rings. The van der Waals surface area contributed by atoms with Crippen molar-refractivity contribution < 1.29 is 0 Å². The molecule has 0 aliphatic rings. The summed E-state index contributed by atoms with van der Waals surface area (Å²) in [5, 5.41) is 15.0. The maximum Gasteiger partial charge on any atom is 0.133 e. The average molecular weight is 228 g/mol. The largest absolute Gasteiger partial charge is 0.289 e. The van der Waals surface area contributed by atoms with E-state index in [0.29, 0.717) is 11.3 Å². The first-order valence-corrected chi connectivity index (χ1v) is 4.30. The van der Waals surface area contributed by atoms with Gasteiger partial charge in [-0.05, 0) is 41.4 Å². The quantitative estimate of drug-likeness (QED) is 0.503. The summed E-state index contributed by atoms with van der Waals surface area (Å²) < 4.78 is 2.42. The monoisotopic (exact) mass is 227 g/mol. The number of rotatable bonds is 0. The number of halogens is 1. The highest BCUT2D eigenvalue weighted by Gasteiger charge is 1.99. The average Bonchev–Trinajstić information content (AvgIpc) is 1.96. The van der Waals surface area contributed by atoms with Gasteiger partial charge in [-0.25, -0.2) is 0 Å². The summed E-state index contributed by atoms with van der Waals surface area (Å²) in [6, 6.07) is 1.86. The fraction of sp³-hybridized carbons (Fsp3) is 0.250. The molecule has 0 saturated carbocycles. The van der Waals surface area contributed by atoms with E-state index in [1.165, 1.54) is 4.57 Å². The molecule has 0 aliphatic heterocycles. The van der Waals surface area contributed by atoms with Gasteiger partial charge < -0.3 is 0 Å². The van der Waals surface area contributed by atoms with Crippen molar-refractivity contribution in [2.45, 2.75) is 13.8 Å². The van der Waals surface area contributed by atoms with Crippen molar-refractivity contribution in [3.63, 3.8) is 0 Å². The first-order valence-electron chi connectivity index (χ1n) is 3.51. The Morgan fingerprint density at radius 2 is 2.17 bits per heavy atom. The Morgan fingerprint density at radius 1 is 1.58 bits per heavy atom. The maximum absolute atomic E-state index is 7.62. The lowest BCUT2D eigenvalue weighted by atomic mass is 10.3. The molecule has 2 N–H and O–H groups in total. The molecular formula is C8H10BrN3. The van der Waals surface area contributed by atoms with Crippen molar-refractivity contribution in [2.75, 3.05) is 0 Å². The third-order valence-corrected chi connectivity index (χ3v) is 2.02. The van der Waals surface area contributed by atoms with Crippen LogP contribution >= 0.6 is 15.9 Å². The molecule has 1 heterocycles. The van der Waals surface area contributed by atoms with E-state index < -0.39 is 0 Å². The molecule has 64 valence electrons. The molecule has 1 rings (SSSR count). The lowest BCUT2D eigenvalue weighted by molar-refractivity contribution is 0.930. The first-order chi connectivity index (χ1) is 5.52. The van der Waals surface area contributed by atoms with Crippen LogP contribution in [0.3, 0.4) is 0 Å². The van der Waals surface area contributed by atoms with Crippen LogP contribution in [0.2, 0.25) is 0 Å². The summed E-state index contributed by atoms with van der Waals surface area (Å²) in [7, 11) is 0. The van der Waals surface area contributed by atoms with Crippen LogP contribution in [0.4, 0.5) is 0 Å². The minimum Gasteiger partial charge on any atom is -0.289 e. The van der Waals surface area contributed by atoms with E-state index in [2.05, 4.69) is 15.9 Å². The van der Waals surface area contributed by atoms with Gasteiger partial charge in [0.1, 0.15) is 11.3 Å². The van der Waals surface area contributed by atoms with Gasteiger partial charge in [-0.15, -0.1) is 0 Å². The van der Waals surface area contributed by atoms with Crippen molar-refractivity contribution in [1.82, 2.24) is 4.57 Å². The van der Waals surface area contributed by atoms with Gasteiger partial charge in [0, 0.05) is 10.7 Å². The zero-order valence-electron chi connectivity index (χ0n) is 6.98. The minimum absolute atomic E-state index is 0.351. The molecule has 0 amide bonds. The second kappa shape index (κ2) is 3.23. The van der Waals surface area contributed by atoms with Gasteiger partial charge in [0.15, 0.2) is 0 Å². The van der Waals surface area contributed by atoms with Crippen LogP contribution in [0.15, 0.2) is 16.7 Å². The highest BCUT2D eigenvalue weighted by atomic mass is 79.9.